The van der Waals surface area contributed by atoms with Crippen molar-refractivity contribution in [2.24, 2.45) is 0 Å². The summed E-state index contributed by atoms with van der Waals surface area (Å²) >= 11 is 4.06. The third-order valence-electron chi connectivity index (χ3n) is 2.74. The molecule has 0 saturated heterocycles. The van der Waals surface area contributed by atoms with Gasteiger partial charge in [-0.05, 0) is 36.3 Å². The zero-order chi connectivity index (χ0) is 12.1. The van der Waals surface area contributed by atoms with Crippen LogP contribution in [0.2, 0.25) is 0 Å². The SMILES string of the molecule is Cc1ccc(CN(C)C(=O)CCS)cc1C. The lowest BCUT2D eigenvalue weighted by Gasteiger charge is -2.17. The molecule has 0 heterocycles. The molecule has 0 aliphatic heterocycles. The van der Waals surface area contributed by atoms with Crippen molar-refractivity contribution in [2.75, 3.05) is 12.8 Å². The number of hydrogen-bond donors (Lipinski definition) is 1. The average Bonchev–Trinajstić information content (AvgIpc) is 2.24. The van der Waals surface area contributed by atoms with Gasteiger partial charge in [-0.1, -0.05) is 18.2 Å². The lowest BCUT2D eigenvalue weighted by atomic mass is 10.1. The first-order valence-corrected chi connectivity index (χ1v) is 6.08. The fourth-order valence-electron chi connectivity index (χ4n) is 1.55. The van der Waals surface area contributed by atoms with Gasteiger partial charge >= 0.3 is 0 Å². The van der Waals surface area contributed by atoms with Gasteiger partial charge in [0.05, 0.1) is 0 Å². The van der Waals surface area contributed by atoms with Gasteiger partial charge in [-0.2, -0.15) is 12.6 Å². The number of thiol groups is 1. The summed E-state index contributed by atoms with van der Waals surface area (Å²) in [6.07, 6.45) is 0.504. The van der Waals surface area contributed by atoms with E-state index in [1.807, 2.05) is 7.05 Å². The zero-order valence-corrected chi connectivity index (χ0v) is 11.1. The van der Waals surface area contributed by atoms with E-state index in [-0.39, 0.29) is 5.91 Å². The highest BCUT2D eigenvalue weighted by Crippen LogP contribution is 2.11. The van der Waals surface area contributed by atoms with Crippen LogP contribution in [0.1, 0.15) is 23.1 Å². The van der Waals surface area contributed by atoms with Gasteiger partial charge in [0, 0.05) is 20.0 Å². The average molecular weight is 237 g/mol. The van der Waals surface area contributed by atoms with Gasteiger partial charge in [0.1, 0.15) is 0 Å². The van der Waals surface area contributed by atoms with Crippen LogP contribution in [0.4, 0.5) is 0 Å². The second-order valence-corrected chi connectivity index (χ2v) is 4.59. The molecule has 0 saturated carbocycles. The maximum atomic E-state index is 11.6. The summed E-state index contributed by atoms with van der Waals surface area (Å²) in [5, 5.41) is 0. The van der Waals surface area contributed by atoms with Crippen LogP contribution in [0.5, 0.6) is 0 Å². The van der Waals surface area contributed by atoms with Gasteiger partial charge in [-0.15, -0.1) is 0 Å². The number of amides is 1. The molecule has 88 valence electrons. The van der Waals surface area contributed by atoms with Crippen molar-refractivity contribution < 1.29 is 4.79 Å². The minimum Gasteiger partial charge on any atom is -0.341 e. The standard InChI is InChI=1S/C13H19NOS/c1-10-4-5-12(8-11(10)2)9-14(3)13(15)6-7-16/h4-5,8,16H,6-7,9H2,1-3H3. The van der Waals surface area contributed by atoms with E-state index in [1.54, 1.807) is 4.90 Å². The number of hydrogen-bond acceptors (Lipinski definition) is 2. The molecule has 1 aromatic rings. The molecule has 3 heteroatoms. The largest absolute Gasteiger partial charge is 0.341 e. The van der Waals surface area contributed by atoms with Crippen molar-refractivity contribution in [1.82, 2.24) is 4.90 Å². The van der Waals surface area contributed by atoms with Crippen LogP contribution in [0, 0.1) is 13.8 Å². The summed E-state index contributed by atoms with van der Waals surface area (Å²) in [5.41, 5.74) is 3.73. The smallest absolute Gasteiger partial charge is 0.223 e. The first kappa shape index (κ1) is 13.1. The Hall–Kier alpha value is -0.960. The fraction of sp³-hybridized carbons (Fsp3) is 0.462. The predicted octanol–water partition coefficient (Wildman–Crippen LogP) is 2.58. The van der Waals surface area contributed by atoms with E-state index < -0.39 is 0 Å². The molecule has 0 unspecified atom stereocenters. The Kier molecular flexibility index (Phi) is 4.87. The highest BCUT2D eigenvalue weighted by molar-refractivity contribution is 7.80. The zero-order valence-electron chi connectivity index (χ0n) is 10.2. The van der Waals surface area contributed by atoms with E-state index >= 15 is 0 Å². The number of carbonyl (C=O) groups excluding carboxylic acids is 1. The number of benzene rings is 1. The van der Waals surface area contributed by atoms with Crippen molar-refractivity contribution in [1.29, 1.82) is 0 Å². The molecule has 16 heavy (non-hydrogen) atoms. The second-order valence-electron chi connectivity index (χ2n) is 4.14. The van der Waals surface area contributed by atoms with Gasteiger partial charge in [0.25, 0.3) is 0 Å². The summed E-state index contributed by atoms with van der Waals surface area (Å²) in [6.45, 7) is 4.86. The molecular formula is C13H19NOS. The molecule has 0 spiro atoms. The van der Waals surface area contributed by atoms with Crippen molar-refractivity contribution in [3.8, 4) is 0 Å². The van der Waals surface area contributed by atoms with Gasteiger partial charge < -0.3 is 4.90 Å². The Morgan fingerprint density at radius 3 is 2.56 bits per heavy atom. The summed E-state index contributed by atoms with van der Waals surface area (Å²) in [7, 11) is 1.83. The van der Waals surface area contributed by atoms with Crippen LogP contribution < -0.4 is 0 Å². The maximum Gasteiger partial charge on any atom is 0.223 e. The Bertz CT molecular complexity index is 376. The molecule has 0 N–H and O–H groups in total. The van der Waals surface area contributed by atoms with Crippen LogP contribution in [-0.4, -0.2) is 23.6 Å². The molecule has 1 aromatic carbocycles. The Morgan fingerprint density at radius 2 is 2.00 bits per heavy atom. The molecule has 0 aromatic heterocycles. The highest BCUT2D eigenvalue weighted by Gasteiger charge is 2.08. The third-order valence-corrected chi connectivity index (χ3v) is 2.97. The van der Waals surface area contributed by atoms with Crippen molar-refractivity contribution >= 4 is 18.5 Å². The van der Waals surface area contributed by atoms with Crippen LogP contribution in [0.15, 0.2) is 18.2 Å². The quantitative estimate of drug-likeness (QED) is 0.798. The number of rotatable bonds is 4. The van der Waals surface area contributed by atoms with Gasteiger partial charge in [0.15, 0.2) is 0 Å². The van der Waals surface area contributed by atoms with Gasteiger partial charge in [0.2, 0.25) is 5.91 Å². The summed E-state index contributed by atoms with van der Waals surface area (Å²) in [6, 6.07) is 6.31. The second kappa shape index (κ2) is 5.94. The molecule has 0 radical (unpaired) electrons. The van der Waals surface area contributed by atoms with Gasteiger partial charge in [-0.25, -0.2) is 0 Å². The van der Waals surface area contributed by atoms with Crippen LogP contribution in [0.25, 0.3) is 0 Å². The van der Waals surface area contributed by atoms with E-state index in [4.69, 9.17) is 0 Å². The summed E-state index contributed by atoms with van der Waals surface area (Å²) in [4.78, 5) is 13.3. The summed E-state index contributed by atoms with van der Waals surface area (Å²) in [5.74, 6) is 0.754. The lowest BCUT2D eigenvalue weighted by Crippen LogP contribution is -2.26. The fourth-order valence-corrected chi connectivity index (χ4v) is 1.74. The minimum atomic E-state index is 0.147. The Labute approximate surface area is 103 Å². The Morgan fingerprint density at radius 1 is 1.31 bits per heavy atom. The number of aryl methyl sites for hydroxylation is 2. The molecule has 1 amide bonds. The Balaban J connectivity index is 2.66. The van der Waals surface area contributed by atoms with E-state index in [2.05, 4.69) is 44.7 Å². The number of carbonyl (C=O) groups is 1. The van der Waals surface area contributed by atoms with Gasteiger partial charge in [-0.3, -0.25) is 4.79 Å². The first-order valence-electron chi connectivity index (χ1n) is 5.45. The lowest BCUT2D eigenvalue weighted by molar-refractivity contribution is -0.129. The van der Waals surface area contributed by atoms with E-state index in [0.717, 1.165) is 0 Å². The number of nitrogens with zero attached hydrogens (tertiary/aromatic N) is 1. The predicted molar refractivity (Wildman–Crippen MR) is 70.9 cm³/mol. The van der Waals surface area contributed by atoms with Crippen molar-refractivity contribution in [3.63, 3.8) is 0 Å². The van der Waals surface area contributed by atoms with E-state index in [9.17, 15) is 4.79 Å². The van der Waals surface area contributed by atoms with Crippen molar-refractivity contribution in [3.05, 3.63) is 34.9 Å². The first-order chi connectivity index (χ1) is 7.54. The molecule has 0 fully saturated rings. The molecule has 2 nitrogen and oxygen atoms in total. The maximum absolute atomic E-state index is 11.6. The van der Waals surface area contributed by atoms with Crippen LogP contribution in [0.3, 0.4) is 0 Å². The molecule has 0 atom stereocenters. The molecule has 0 aliphatic carbocycles. The monoisotopic (exact) mass is 237 g/mol. The normalized spacial score (nSPS) is 10.2. The highest BCUT2D eigenvalue weighted by atomic mass is 32.1. The van der Waals surface area contributed by atoms with Crippen LogP contribution >= 0.6 is 12.6 Å². The molecule has 0 bridgehead atoms. The molecular weight excluding hydrogens is 218 g/mol. The van der Waals surface area contributed by atoms with Crippen LogP contribution in [-0.2, 0) is 11.3 Å². The minimum absolute atomic E-state index is 0.147. The van der Waals surface area contributed by atoms with E-state index in [0.29, 0.717) is 18.7 Å². The molecule has 0 aliphatic rings. The topological polar surface area (TPSA) is 20.3 Å². The third kappa shape index (κ3) is 3.56. The summed E-state index contributed by atoms with van der Waals surface area (Å²) < 4.78 is 0. The van der Waals surface area contributed by atoms with Crippen molar-refractivity contribution in [2.45, 2.75) is 26.8 Å². The molecule has 1 rings (SSSR count). The van der Waals surface area contributed by atoms with E-state index in [1.165, 1.54) is 16.7 Å².